The average molecular weight is 250 g/mol. The molecule has 0 bridgehead atoms. The van der Waals surface area contributed by atoms with Gasteiger partial charge in [0.05, 0.1) is 4.92 Å². The van der Waals surface area contributed by atoms with Crippen molar-refractivity contribution in [3.63, 3.8) is 0 Å². The zero-order chi connectivity index (χ0) is 13.1. The summed E-state index contributed by atoms with van der Waals surface area (Å²) in [5.41, 5.74) is 1.60. The number of hydrogen-bond donors (Lipinski definition) is 1. The summed E-state index contributed by atoms with van der Waals surface area (Å²) in [6, 6.07) is 3.73. The van der Waals surface area contributed by atoms with E-state index in [4.69, 9.17) is 4.74 Å². The molecule has 98 valence electrons. The molecule has 1 aromatic rings. The second-order valence-electron chi connectivity index (χ2n) is 4.77. The van der Waals surface area contributed by atoms with Crippen LogP contribution in [-0.2, 0) is 0 Å². The number of nitro groups is 1. The lowest BCUT2D eigenvalue weighted by Crippen LogP contribution is -2.28. The summed E-state index contributed by atoms with van der Waals surface area (Å²) in [5.74, 6) is 0.742. The highest BCUT2D eigenvalue weighted by atomic mass is 16.6. The second kappa shape index (κ2) is 5.35. The maximum Gasteiger partial charge on any atom is 0.272 e. The van der Waals surface area contributed by atoms with Crippen molar-refractivity contribution in [2.75, 3.05) is 13.2 Å². The van der Waals surface area contributed by atoms with Gasteiger partial charge in [0, 0.05) is 17.7 Å². The molecule has 1 aliphatic rings. The van der Waals surface area contributed by atoms with Crippen LogP contribution in [0.15, 0.2) is 12.1 Å². The summed E-state index contributed by atoms with van der Waals surface area (Å²) in [6.45, 7) is 5.24. The van der Waals surface area contributed by atoms with Crippen molar-refractivity contribution in [2.24, 2.45) is 0 Å². The summed E-state index contributed by atoms with van der Waals surface area (Å²) >= 11 is 0. The van der Waals surface area contributed by atoms with Crippen LogP contribution in [0.25, 0.3) is 0 Å². The van der Waals surface area contributed by atoms with Gasteiger partial charge in [-0.25, -0.2) is 0 Å². The Labute approximate surface area is 106 Å². The van der Waals surface area contributed by atoms with Crippen LogP contribution in [0.4, 0.5) is 5.69 Å². The predicted molar refractivity (Wildman–Crippen MR) is 69.1 cm³/mol. The molecule has 0 amide bonds. The minimum absolute atomic E-state index is 0.152. The molecule has 0 radical (unpaired) electrons. The van der Waals surface area contributed by atoms with E-state index < -0.39 is 0 Å². The van der Waals surface area contributed by atoms with Gasteiger partial charge in [-0.05, 0) is 44.9 Å². The number of hydrogen-bond acceptors (Lipinski definition) is 4. The van der Waals surface area contributed by atoms with Gasteiger partial charge in [0.2, 0.25) is 0 Å². The average Bonchev–Trinajstić information content (AvgIpc) is 2.82. The highest BCUT2D eigenvalue weighted by Gasteiger charge is 2.17. The Morgan fingerprint density at radius 3 is 2.83 bits per heavy atom. The first kappa shape index (κ1) is 12.8. The molecular formula is C13H18N2O3. The normalized spacial score (nSPS) is 18.9. The lowest BCUT2D eigenvalue weighted by molar-refractivity contribution is -0.385. The molecule has 2 rings (SSSR count). The highest BCUT2D eigenvalue weighted by molar-refractivity contribution is 5.49. The fourth-order valence-electron chi connectivity index (χ4n) is 2.22. The van der Waals surface area contributed by atoms with Crippen LogP contribution in [0.5, 0.6) is 5.75 Å². The van der Waals surface area contributed by atoms with Gasteiger partial charge in [-0.2, -0.15) is 0 Å². The van der Waals surface area contributed by atoms with Gasteiger partial charge < -0.3 is 10.1 Å². The molecule has 1 heterocycles. The fourth-order valence-corrected chi connectivity index (χ4v) is 2.22. The van der Waals surface area contributed by atoms with E-state index in [0.29, 0.717) is 18.2 Å². The molecule has 0 unspecified atom stereocenters. The van der Waals surface area contributed by atoms with Crippen molar-refractivity contribution in [2.45, 2.75) is 32.7 Å². The van der Waals surface area contributed by atoms with Gasteiger partial charge in [-0.15, -0.1) is 0 Å². The van der Waals surface area contributed by atoms with Gasteiger partial charge in [-0.1, -0.05) is 0 Å². The number of benzene rings is 1. The first-order valence-corrected chi connectivity index (χ1v) is 6.19. The van der Waals surface area contributed by atoms with Crippen LogP contribution in [0, 0.1) is 24.0 Å². The third-order valence-electron chi connectivity index (χ3n) is 3.29. The van der Waals surface area contributed by atoms with Crippen molar-refractivity contribution >= 4 is 5.69 Å². The Bertz CT molecular complexity index is 454. The van der Waals surface area contributed by atoms with Gasteiger partial charge >= 0.3 is 0 Å². The molecule has 0 aromatic heterocycles. The zero-order valence-electron chi connectivity index (χ0n) is 10.7. The summed E-state index contributed by atoms with van der Waals surface area (Å²) < 4.78 is 5.75. The highest BCUT2D eigenvalue weighted by Crippen LogP contribution is 2.27. The van der Waals surface area contributed by atoms with Crippen LogP contribution in [0.3, 0.4) is 0 Å². The number of aryl methyl sites for hydroxylation is 2. The zero-order valence-corrected chi connectivity index (χ0v) is 10.7. The summed E-state index contributed by atoms with van der Waals surface area (Å²) in [6.07, 6.45) is 2.32. The van der Waals surface area contributed by atoms with E-state index in [-0.39, 0.29) is 10.6 Å². The number of rotatable bonds is 4. The Kier molecular flexibility index (Phi) is 3.81. The molecule has 5 nitrogen and oxygen atoms in total. The molecule has 1 aromatic carbocycles. The molecule has 18 heavy (non-hydrogen) atoms. The first-order chi connectivity index (χ1) is 8.58. The van der Waals surface area contributed by atoms with E-state index in [1.165, 1.54) is 6.42 Å². The summed E-state index contributed by atoms with van der Waals surface area (Å²) in [4.78, 5) is 10.5. The predicted octanol–water partition coefficient (Wildman–Crippen LogP) is 2.34. The van der Waals surface area contributed by atoms with E-state index in [2.05, 4.69) is 5.32 Å². The quantitative estimate of drug-likeness (QED) is 0.658. The molecule has 1 saturated heterocycles. The van der Waals surface area contributed by atoms with E-state index in [1.54, 1.807) is 19.1 Å². The Morgan fingerprint density at radius 2 is 2.22 bits per heavy atom. The second-order valence-corrected chi connectivity index (χ2v) is 4.77. The van der Waals surface area contributed by atoms with Crippen LogP contribution in [0.1, 0.15) is 24.0 Å². The van der Waals surface area contributed by atoms with Crippen molar-refractivity contribution < 1.29 is 9.66 Å². The van der Waals surface area contributed by atoms with Gasteiger partial charge in [0.25, 0.3) is 5.69 Å². The van der Waals surface area contributed by atoms with Crippen molar-refractivity contribution in [3.8, 4) is 5.75 Å². The lowest BCUT2D eigenvalue weighted by atomic mass is 10.1. The van der Waals surface area contributed by atoms with Crippen LogP contribution in [-0.4, -0.2) is 24.1 Å². The van der Waals surface area contributed by atoms with Crippen molar-refractivity contribution in [1.82, 2.24) is 5.32 Å². The Balaban J connectivity index is 2.08. The molecule has 5 heteroatoms. The maximum absolute atomic E-state index is 10.8. The third-order valence-corrected chi connectivity index (χ3v) is 3.29. The van der Waals surface area contributed by atoms with E-state index >= 15 is 0 Å². The van der Waals surface area contributed by atoms with E-state index in [0.717, 1.165) is 24.3 Å². The monoisotopic (exact) mass is 250 g/mol. The van der Waals surface area contributed by atoms with E-state index in [1.807, 2.05) is 6.92 Å². The number of ether oxygens (including phenoxy) is 1. The minimum atomic E-state index is -0.357. The van der Waals surface area contributed by atoms with Crippen LogP contribution in [0.2, 0.25) is 0 Å². The first-order valence-electron chi connectivity index (χ1n) is 6.19. The molecule has 0 aliphatic carbocycles. The van der Waals surface area contributed by atoms with Crippen molar-refractivity contribution in [1.29, 1.82) is 0 Å². The largest absolute Gasteiger partial charge is 0.492 e. The molecule has 0 spiro atoms. The SMILES string of the molecule is Cc1cc([N+](=O)[O-])c(C)cc1OC[C@H]1CCCN1. The number of nitrogens with zero attached hydrogens (tertiary/aromatic N) is 1. The molecule has 1 aliphatic heterocycles. The standard InChI is InChI=1S/C13H18N2O3/c1-9-7-13(10(2)6-12(9)15(16)17)18-8-11-4-3-5-14-11/h6-7,11,14H,3-5,8H2,1-2H3/t11-/m1/s1. The molecular weight excluding hydrogens is 232 g/mol. The fraction of sp³-hybridized carbons (Fsp3) is 0.538. The number of nitrogens with one attached hydrogen (secondary N) is 1. The van der Waals surface area contributed by atoms with Crippen LogP contribution < -0.4 is 10.1 Å². The summed E-state index contributed by atoms with van der Waals surface area (Å²) in [7, 11) is 0. The van der Waals surface area contributed by atoms with Crippen molar-refractivity contribution in [3.05, 3.63) is 33.4 Å². The topological polar surface area (TPSA) is 64.4 Å². The van der Waals surface area contributed by atoms with Crippen LogP contribution >= 0.6 is 0 Å². The van der Waals surface area contributed by atoms with Gasteiger partial charge in [0.15, 0.2) is 0 Å². The van der Waals surface area contributed by atoms with E-state index in [9.17, 15) is 10.1 Å². The smallest absolute Gasteiger partial charge is 0.272 e. The minimum Gasteiger partial charge on any atom is -0.492 e. The molecule has 0 saturated carbocycles. The summed E-state index contributed by atoms with van der Waals surface area (Å²) in [5, 5.41) is 14.2. The molecule has 1 atom stereocenters. The Morgan fingerprint density at radius 1 is 1.44 bits per heavy atom. The molecule has 1 fully saturated rings. The van der Waals surface area contributed by atoms with Gasteiger partial charge in [-0.3, -0.25) is 10.1 Å². The Hall–Kier alpha value is -1.62. The van der Waals surface area contributed by atoms with Gasteiger partial charge in [0.1, 0.15) is 12.4 Å². The lowest BCUT2D eigenvalue weighted by Gasteiger charge is -2.14. The number of nitro benzene ring substituents is 1. The maximum atomic E-state index is 10.8. The third kappa shape index (κ3) is 2.79. The molecule has 1 N–H and O–H groups in total.